The second kappa shape index (κ2) is 13.6. The van der Waals surface area contributed by atoms with Gasteiger partial charge in [-0.2, -0.15) is 0 Å². The Balaban J connectivity index is 1.44. The standard InChI is InChI=1S/C30H28N2O2S2/c33-29(31(21-25-13-5-1-6-14-25)22-26-15-7-2-8-16-26)35-36-30(34)32(23-27-17-9-3-10-18-27)24-28-19-11-4-12-20-28/h1-20H,21-24H2. The van der Waals surface area contributed by atoms with Gasteiger partial charge in [0, 0.05) is 47.8 Å². The molecule has 0 fully saturated rings. The average molecular weight is 513 g/mol. The predicted molar refractivity (Wildman–Crippen MR) is 150 cm³/mol. The molecular weight excluding hydrogens is 484 g/mol. The smallest absolute Gasteiger partial charge is 0.293 e. The molecule has 0 radical (unpaired) electrons. The van der Waals surface area contributed by atoms with Gasteiger partial charge >= 0.3 is 0 Å². The normalized spacial score (nSPS) is 10.6. The highest BCUT2D eigenvalue weighted by Gasteiger charge is 2.21. The summed E-state index contributed by atoms with van der Waals surface area (Å²) < 4.78 is 0. The highest BCUT2D eigenvalue weighted by atomic mass is 33.1. The number of benzene rings is 4. The molecule has 0 aliphatic heterocycles. The minimum absolute atomic E-state index is 0.138. The Morgan fingerprint density at radius 1 is 0.417 bits per heavy atom. The van der Waals surface area contributed by atoms with Crippen LogP contribution in [0, 0.1) is 0 Å². The summed E-state index contributed by atoms with van der Waals surface area (Å²) in [6.45, 7) is 1.92. The summed E-state index contributed by atoms with van der Waals surface area (Å²) in [5.41, 5.74) is 4.20. The van der Waals surface area contributed by atoms with Crippen LogP contribution in [0.1, 0.15) is 22.3 Å². The molecule has 0 N–H and O–H groups in total. The van der Waals surface area contributed by atoms with Gasteiger partial charge in [-0.05, 0) is 22.3 Å². The third-order valence-corrected chi connectivity index (χ3v) is 7.56. The molecule has 4 aromatic rings. The van der Waals surface area contributed by atoms with E-state index in [9.17, 15) is 9.59 Å². The van der Waals surface area contributed by atoms with Crippen molar-refractivity contribution in [3.05, 3.63) is 144 Å². The van der Waals surface area contributed by atoms with Gasteiger partial charge in [-0.25, -0.2) is 0 Å². The average Bonchev–Trinajstić information content (AvgIpc) is 2.93. The van der Waals surface area contributed by atoms with Gasteiger partial charge < -0.3 is 9.80 Å². The number of rotatable bonds is 8. The van der Waals surface area contributed by atoms with E-state index in [1.165, 1.54) is 0 Å². The van der Waals surface area contributed by atoms with Crippen molar-refractivity contribution in [3.8, 4) is 0 Å². The number of hydrogen-bond donors (Lipinski definition) is 0. The summed E-state index contributed by atoms with van der Waals surface area (Å²) in [4.78, 5) is 30.2. The molecule has 0 unspecified atom stereocenters. The van der Waals surface area contributed by atoms with Crippen LogP contribution in [0.4, 0.5) is 9.59 Å². The lowest BCUT2D eigenvalue weighted by molar-refractivity contribution is 0.217. The number of amides is 2. The Labute approximate surface area is 220 Å². The number of hydrogen-bond acceptors (Lipinski definition) is 4. The minimum Gasteiger partial charge on any atom is -0.324 e. The molecule has 182 valence electrons. The number of carbonyl (C=O) groups excluding carboxylic acids is 2. The number of carbonyl (C=O) groups is 2. The quantitative estimate of drug-likeness (QED) is 0.224. The van der Waals surface area contributed by atoms with E-state index in [-0.39, 0.29) is 10.5 Å². The van der Waals surface area contributed by atoms with Crippen LogP contribution in [0.2, 0.25) is 0 Å². The fourth-order valence-corrected chi connectivity index (χ4v) is 5.43. The zero-order chi connectivity index (χ0) is 25.0. The molecule has 0 spiro atoms. The molecule has 2 amide bonds. The second-order valence-corrected chi connectivity index (χ2v) is 10.4. The maximum absolute atomic E-state index is 13.3. The Morgan fingerprint density at radius 3 is 0.861 bits per heavy atom. The van der Waals surface area contributed by atoms with Crippen molar-refractivity contribution in [1.82, 2.24) is 9.80 Å². The fourth-order valence-electron chi connectivity index (χ4n) is 3.76. The molecule has 4 nitrogen and oxygen atoms in total. The van der Waals surface area contributed by atoms with Crippen molar-refractivity contribution in [3.63, 3.8) is 0 Å². The van der Waals surface area contributed by atoms with Gasteiger partial charge in [0.15, 0.2) is 0 Å². The molecule has 0 saturated carbocycles. The Hall–Kier alpha value is -3.48. The van der Waals surface area contributed by atoms with Crippen LogP contribution >= 0.6 is 21.6 Å². The second-order valence-electron chi connectivity index (χ2n) is 8.35. The van der Waals surface area contributed by atoms with Gasteiger partial charge in [-0.3, -0.25) is 9.59 Å². The lowest BCUT2D eigenvalue weighted by atomic mass is 10.2. The van der Waals surface area contributed by atoms with Gasteiger partial charge in [0.1, 0.15) is 0 Å². The lowest BCUT2D eigenvalue weighted by Crippen LogP contribution is -2.28. The predicted octanol–water partition coefficient (Wildman–Crippen LogP) is 8.01. The van der Waals surface area contributed by atoms with Crippen LogP contribution in [0.3, 0.4) is 0 Å². The summed E-state index contributed by atoms with van der Waals surface area (Å²) >= 11 is 0. The molecule has 0 atom stereocenters. The molecule has 4 aromatic carbocycles. The van der Waals surface area contributed by atoms with E-state index < -0.39 is 0 Å². The third-order valence-electron chi connectivity index (χ3n) is 5.57. The highest BCUT2D eigenvalue weighted by Crippen LogP contribution is 2.30. The van der Waals surface area contributed by atoms with Crippen LogP contribution in [0.25, 0.3) is 0 Å². The van der Waals surface area contributed by atoms with Crippen molar-refractivity contribution in [2.75, 3.05) is 0 Å². The molecule has 4 rings (SSSR count). The molecule has 0 aliphatic rings. The zero-order valence-corrected chi connectivity index (χ0v) is 21.5. The van der Waals surface area contributed by atoms with Crippen LogP contribution in [-0.2, 0) is 26.2 Å². The first-order valence-electron chi connectivity index (χ1n) is 11.8. The number of nitrogens with zero attached hydrogens (tertiary/aromatic N) is 2. The summed E-state index contributed by atoms with van der Waals surface area (Å²) in [6, 6.07) is 39.7. The van der Waals surface area contributed by atoms with Gasteiger partial charge in [0.05, 0.1) is 0 Å². The molecule has 0 heterocycles. The first kappa shape index (κ1) is 25.6. The van der Waals surface area contributed by atoms with Crippen molar-refractivity contribution in [2.24, 2.45) is 0 Å². The van der Waals surface area contributed by atoms with E-state index in [0.29, 0.717) is 26.2 Å². The van der Waals surface area contributed by atoms with E-state index in [1.54, 1.807) is 9.80 Å². The first-order chi connectivity index (χ1) is 17.7. The zero-order valence-electron chi connectivity index (χ0n) is 19.9. The topological polar surface area (TPSA) is 40.6 Å². The molecule has 0 aliphatic carbocycles. The summed E-state index contributed by atoms with van der Waals surface area (Å²) in [5.74, 6) is 0. The first-order valence-corrected chi connectivity index (χ1v) is 13.9. The molecule has 0 bridgehead atoms. The van der Waals surface area contributed by atoms with Gasteiger partial charge in [0.2, 0.25) is 0 Å². The Morgan fingerprint density at radius 2 is 0.639 bits per heavy atom. The third kappa shape index (κ3) is 8.04. The largest absolute Gasteiger partial charge is 0.324 e. The van der Waals surface area contributed by atoms with Crippen molar-refractivity contribution >= 4 is 32.1 Å². The monoisotopic (exact) mass is 512 g/mol. The summed E-state index contributed by atoms with van der Waals surface area (Å²) in [5, 5.41) is -0.277. The van der Waals surface area contributed by atoms with E-state index in [0.717, 1.165) is 43.8 Å². The van der Waals surface area contributed by atoms with Crippen molar-refractivity contribution in [1.29, 1.82) is 0 Å². The van der Waals surface area contributed by atoms with Gasteiger partial charge in [0.25, 0.3) is 10.5 Å². The van der Waals surface area contributed by atoms with Crippen molar-refractivity contribution in [2.45, 2.75) is 26.2 Å². The van der Waals surface area contributed by atoms with Crippen molar-refractivity contribution < 1.29 is 9.59 Å². The minimum atomic E-state index is -0.138. The Kier molecular flexibility index (Phi) is 9.65. The molecular formula is C30H28N2O2S2. The van der Waals surface area contributed by atoms with E-state index in [1.807, 2.05) is 121 Å². The molecule has 0 aromatic heterocycles. The SMILES string of the molecule is O=C(SSC(=O)N(Cc1ccccc1)Cc1ccccc1)N(Cc1ccccc1)Cc1ccccc1. The lowest BCUT2D eigenvalue weighted by Gasteiger charge is -2.24. The van der Waals surface area contributed by atoms with Gasteiger partial charge in [-0.15, -0.1) is 0 Å². The van der Waals surface area contributed by atoms with Crippen LogP contribution < -0.4 is 0 Å². The van der Waals surface area contributed by atoms with E-state index in [4.69, 9.17) is 0 Å². The Bertz CT molecular complexity index is 1040. The molecule has 0 saturated heterocycles. The fraction of sp³-hybridized carbons (Fsp3) is 0.133. The van der Waals surface area contributed by atoms with Crippen LogP contribution in [0.5, 0.6) is 0 Å². The molecule has 36 heavy (non-hydrogen) atoms. The van der Waals surface area contributed by atoms with E-state index in [2.05, 4.69) is 0 Å². The van der Waals surface area contributed by atoms with Crippen LogP contribution in [0.15, 0.2) is 121 Å². The highest BCUT2D eigenvalue weighted by molar-refractivity contribution is 8.87. The maximum Gasteiger partial charge on any atom is 0.293 e. The van der Waals surface area contributed by atoms with Crippen LogP contribution in [-0.4, -0.2) is 20.3 Å². The summed E-state index contributed by atoms with van der Waals surface area (Å²) in [7, 11) is 1.99. The van der Waals surface area contributed by atoms with Gasteiger partial charge in [-0.1, -0.05) is 121 Å². The maximum atomic E-state index is 13.3. The summed E-state index contributed by atoms with van der Waals surface area (Å²) in [6.07, 6.45) is 0. The molecule has 6 heteroatoms. The van der Waals surface area contributed by atoms with E-state index >= 15 is 0 Å².